The Labute approximate surface area is 106 Å². The van der Waals surface area contributed by atoms with Crippen molar-refractivity contribution in [2.45, 2.75) is 31.9 Å². The van der Waals surface area contributed by atoms with E-state index >= 15 is 0 Å². The second kappa shape index (κ2) is 5.77. The van der Waals surface area contributed by atoms with Gasteiger partial charge in [0.2, 0.25) is 0 Å². The first kappa shape index (κ1) is 12.8. The molecule has 6 nitrogen and oxygen atoms in total. The lowest BCUT2D eigenvalue weighted by atomic mass is 10.1. The van der Waals surface area contributed by atoms with Gasteiger partial charge in [0.25, 0.3) is 5.91 Å². The van der Waals surface area contributed by atoms with E-state index in [1.54, 1.807) is 19.2 Å². The number of rotatable bonds is 4. The number of nitrogens with one attached hydrogen (secondary N) is 2. The van der Waals surface area contributed by atoms with Crippen LogP contribution in [0.3, 0.4) is 0 Å². The number of nitrogens with zero attached hydrogens (tertiary/aromatic N) is 2. The Morgan fingerprint density at radius 2 is 2.33 bits per heavy atom. The number of carbonyl (C=O) groups is 1. The molecule has 2 rings (SSSR count). The van der Waals surface area contributed by atoms with Crippen molar-refractivity contribution in [3.63, 3.8) is 0 Å². The van der Waals surface area contributed by atoms with Crippen LogP contribution in [-0.2, 0) is 4.74 Å². The number of amides is 1. The summed E-state index contributed by atoms with van der Waals surface area (Å²) < 4.78 is 5.53. The maximum Gasteiger partial charge on any atom is 0.272 e. The smallest absolute Gasteiger partial charge is 0.272 e. The van der Waals surface area contributed by atoms with Crippen molar-refractivity contribution < 1.29 is 9.53 Å². The van der Waals surface area contributed by atoms with Crippen molar-refractivity contribution in [3.05, 3.63) is 17.8 Å². The first-order chi connectivity index (χ1) is 8.70. The molecular weight excluding hydrogens is 232 g/mol. The van der Waals surface area contributed by atoms with Gasteiger partial charge in [0, 0.05) is 13.7 Å². The molecule has 1 fully saturated rings. The fraction of sp³-hybridized carbons (Fsp3) is 0.583. The maximum atomic E-state index is 11.9. The zero-order valence-corrected chi connectivity index (χ0v) is 10.6. The number of hydrogen-bond acceptors (Lipinski definition) is 5. The first-order valence-electron chi connectivity index (χ1n) is 6.14. The van der Waals surface area contributed by atoms with Gasteiger partial charge in [-0.15, -0.1) is 10.2 Å². The standard InChI is InChI=1S/C12H18N4O2/c1-8(10-4-3-7-18-10)14-12(17)9-5-6-11(13-2)16-15-9/h5-6,8,10H,3-4,7H2,1-2H3,(H,13,16)(H,14,17). The molecular formula is C12H18N4O2. The van der Waals surface area contributed by atoms with E-state index in [1.165, 1.54) is 0 Å². The summed E-state index contributed by atoms with van der Waals surface area (Å²) in [6.45, 7) is 2.73. The predicted octanol–water partition coefficient (Wildman–Crippen LogP) is 0.816. The Morgan fingerprint density at radius 3 is 2.89 bits per heavy atom. The van der Waals surface area contributed by atoms with Crippen LogP contribution in [0, 0.1) is 0 Å². The third-order valence-electron chi connectivity index (χ3n) is 3.03. The van der Waals surface area contributed by atoms with E-state index in [4.69, 9.17) is 4.74 Å². The molecule has 1 aromatic rings. The zero-order valence-electron chi connectivity index (χ0n) is 10.6. The molecule has 0 bridgehead atoms. The maximum absolute atomic E-state index is 11.9. The van der Waals surface area contributed by atoms with Gasteiger partial charge >= 0.3 is 0 Å². The van der Waals surface area contributed by atoms with Gasteiger partial charge in [-0.25, -0.2) is 0 Å². The fourth-order valence-electron chi connectivity index (χ4n) is 1.96. The van der Waals surface area contributed by atoms with Crippen molar-refractivity contribution in [1.82, 2.24) is 15.5 Å². The van der Waals surface area contributed by atoms with Crippen molar-refractivity contribution in [2.24, 2.45) is 0 Å². The molecule has 1 aromatic heterocycles. The lowest BCUT2D eigenvalue weighted by Gasteiger charge is -2.19. The minimum absolute atomic E-state index is 0.00854. The van der Waals surface area contributed by atoms with Crippen molar-refractivity contribution in [2.75, 3.05) is 19.0 Å². The van der Waals surface area contributed by atoms with Crippen LogP contribution in [-0.4, -0.2) is 41.9 Å². The van der Waals surface area contributed by atoms with E-state index in [0.29, 0.717) is 11.5 Å². The number of carbonyl (C=O) groups excluding carboxylic acids is 1. The topological polar surface area (TPSA) is 76.1 Å². The monoisotopic (exact) mass is 250 g/mol. The summed E-state index contributed by atoms with van der Waals surface area (Å²) in [7, 11) is 1.75. The molecule has 1 aliphatic rings. The fourth-order valence-corrected chi connectivity index (χ4v) is 1.96. The minimum atomic E-state index is -0.215. The summed E-state index contributed by atoms with van der Waals surface area (Å²) in [5.41, 5.74) is 0.318. The normalized spacial score (nSPS) is 20.4. The number of aromatic nitrogens is 2. The van der Waals surface area contributed by atoms with E-state index in [9.17, 15) is 4.79 Å². The molecule has 1 amide bonds. The number of hydrogen-bond donors (Lipinski definition) is 2. The van der Waals surface area contributed by atoms with Gasteiger partial charge in [0.15, 0.2) is 5.69 Å². The van der Waals surface area contributed by atoms with Gasteiger partial charge in [-0.3, -0.25) is 4.79 Å². The van der Waals surface area contributed by atoms with Crippen molar-refractivity contribution in [3.8, 4) is 0 Å². The van der Waals surface area contributed by atoms with Crippen LogP contribution in [0.1, 0.15) is 30.3 Å². The summed E-state index contributed by atoms with van der Waals surface area (Å²) in [6, 6.07) is 3.36. The quantitative estimate of drug-likeness (QED) is 0.827. The molecule has 2 N–H and O–H groups in total. The predicted molar refractivity (Wildman–Crippen MR) is 67.5 cm³/mol. The molecule has 0 aromatic carbocycles. The van der Waals surface area contributed by atoms with Crippen molar-refractivity contribution >= 4 is 11.7 Å². The van der Waals surface area contributed by atoms with Crippen LogP contribution in [0.2, 0.25) is 0 Å². The highest BCUT2D eigenvalue weighted by Gasteiger charge is 2.24. The van der Waals surface area contributed by atoms with Gasteiger partial charge in [0.05, 0.1) is 12.1 Å². The number of ether oxygens (including phenoxy) is 1. The average molecular weight is 250 g/mol. The van der Waals surface area contributed by atoms with Crippen LogP contribution in [0.25, 0.3) is 0 Å². The van der Waals surface area contributed by atoms with Gasteiger partial charge in [-0.1, -0.05) is 0 Å². The van der Waals surface area contributed by atoms with E-state index < -0.39 is 0 Å². The van der Waals surface area contributed by atoms with Crippen LogP contribution >= 0.6 is 0 Å². The van der Waals surface area contributed by atoms with E-state index in [1.807, 2.05) is 6.92 Å². The van der Waals surface area contributed by atoms with Crippen molar-refractivity contribution in [1.29, 1.82) is 0 Å². The molecule has 2 unspecified atom stereocenters. The Balaban J connectivity index is 1.93. The summed E-state index contributed by atoms with van der Waals surface area (Å²) in [5.74, 6) is 0.423. The molecule has 1 saturated heterocycles. The van der Waals surface area contributed by atoms with Gasteiger partial charge in [-0.2, -0.15) is 0 Å². The third kappa shape index (κ3) is 2.95. The number of anilines is 1. The molecule has 1 aliphatic heterocycles. The molecule has 0 radical (unpaired) electrons. The Hall–Kier alpha value is -1.69. The molecule has 0 saturated carbocycles. The molecule has 98 valence electrons. The lowest BCUT2D eigenvalue weighted by Crippen LogP contribution is -2.41. The van der Waals surface area contributed by atoms with E-state index in [2.05, 4.69) is 20.8 Å². The SMILES string of the molecule is CNc1ccc(C(=O)NC(C)C2CCCO2)nn1. The van der Waals surface area contributed by atoms with Gasteiger partial charge in [0.1, 0.15) is 5.82 Å². The lowest BCUT2D eigenvalue weighted by molar-refractivity contribution is 0.0709. The zero-order chi connectivity index (χ0) is 13.0. The highest BCUT2D eigenvalue weighted by Crippen LogP contribution is 2.15. The van der Waals surface area contributed by atoms with E-state index in [-0.39, 0.29) is 18.1 Å². The summed E-state index contributed by atoms with van der Waals surface area (Å²) in [4.78, 5) is 11.9. The average Bonchev–Trinajstić information content (AvgIpc) is 2.92. The van der Waals surface area contributed by atoms with Crippen LogP contribution in [0.5, 0.6) is 0 Å². The third-order valence-corrected chi connectivity index (χ3v) is 3.03. The van der Waals surface area contributed by atoms with Crippen LogP contribution in [0.15, 0.2) is 12.1 Å². The molecule has 0 spiro atoms. The Morgan fingerprint density at radius 1 is 1.50 bits per heavy atom. The molecule has 6 heteroatoms. The first-order valence-corrected chi connectivity index (χ1v) is 6.14. The highest BCUT2D eigenvalue weighted by atomic mass is 16.5. The second-order valence-corrected chi connectivity index (χ2v) is 4.37. The molecule has 2 heterocycles. The Bertz CT molecular complexity index is 401. The Kier molecular flexibility index (Phi) is 4.09. The molecule has 0 aliphatic carbocycles. The summed E-state index contributed by atoms with van der Waals surface area (Å²) in [5, 5.41) is 13.5. The highest BCUT2D eigenvalue weighted by molar-refractivity contribution is 5.92. The second-order valence-electron chi connectivity index (χ2n) is 4.37. The van der Waals surface area contributed by atoms with Gasteiger partial charge < -0.3 is 15.4 Å². The van der Waals surface area contributed by atoms with Gasteiger partial charge in [-0.05, 0) is 31.9 Å². The molecule has 2 atom stereocenters. The molecule has 18 heavy (non-hydrogen) atoms. The largest absolute Gasteiger partial charge is 0.376 e. The minimum Gasteiger partial charge on any atom is -0.376 e. The van der Waals surface area contributed by atoms with E-state index in [0.717, 1.165) is 19.4 Å². The summed E-state index contributed by atoms with van der Waals surface area (Å²) >= 11 is 0. The van der Waals surface area contributed by atoms with Crippen LogP contribution < -0.4 is 10.6 Å². The van der Waals surface area contributed by atoms with Crippen LogP contribution in [0.4, 0.5) is 5.82 Å². The summed E-state index contributed by atoms with van der Waals surface area (Å²) in [6.07, 6.45) is 2.16.